The van der Waals surface area contributed by atoms with Crippen molar-refractivity contribution in [2.24, 2.45) is 0 Å². The van der Waals surface area contributed by atoms with E-state index in [1.165, 1.54) is 14.7 Å². The molecule has 0 spiro atoms. The number of anilines is 3. The van der Waals surface area contributed by atoms with Crippen LogP contribution in [0.25, 0.3) is 0 Å². The van der Waals surface area contributed by atoms with E-state index in [0.717, 1.165) is 0 Å². The molecule has 0 aliphatic carbocycles. The lowest BCUT2D eigenvalue weighted by Gasteiger charge is -2.36. The van der Waals surface area contributed by atoms with Crippen LogP contribution in [0.1, 0.15) is 5.76 Å². The zero-order chi connectivity index (χ0) is 23.4. The number of nitrogens with one attached hydrogen (secondary N) is 1. The second-order valence-corrected chi connectivity index (χ2v) is 7.54. The first-order valence-electron chi connectivity index (χ1n) is 10.3. The number of para-hydroxylation sites is 2. The second-order valence-electron chi connectivity index (χ2n) is 7.54. The van der Waals surface area contributed by atoms with Crippen LogP contribution in [0.2, 0.25) is 0 Å². The number of nitrogens with zero attached hydrogens (tertiary/aromatic N) is 3. The highest BCUT2D eigenvalue weighted by Crippen LogP contribution is 2.34. The topological polar surface area (TPSA) is 95.3 Å². The van der Waals surface area contributed by atoms with E-state index >= 15 is 0 Å². The Kier molecular flexibility index (Phi) is 6.30. The number of hydrogen-bond donors (Lipinski definition) is 1. The van der Waals surface area contributed by atoms with Gasteiger partial charge in [-0.25, -0.2) is 4.79 Å². The van der Waals surface area contributed by atoms with Crippen molar-refractivity contribution in [1.82, 2.24) is 4.90 Å². The van der Waals surface area contributed by atoms with Crippen LogP contribution < -0.4 is 19.9 Å². The molecule has 0 radical (unpaired) electrons. The largest absolute Gasteiger partial charge is 0.497 e. The SMILES string of the molecule is COc1ccc(NC(=O)N2CC(=O)N(CC(=O)N(C)Cc3ccco3)c3ccccc32)cc1. The maximum atomic E-state index is 13.0. The van der Waals surface area contributed by atoms with Crippen LogP contribution >= 0.6 is 0 Å². The standard InChI is InChI=1S/C24H24N4O5/c1-26(14-19-6-5-13-33-19)22(29)15-27-20-7-3-4-8-21(20)28(16-23(27)30)24(31)25-17-9-11-18(32-2)12-10-17/h3-13H,14-16H2,1-2H3,(H,25,31). The number of methoxy groups -OCH3 is 1. The van der Waals surface area contributed by atoms with E-state index in [1.807, 2.05) is 0 Å². The van der Waals surface area contributed by atoms with Crippen molar-refractivity contribution in [3.05, 3.63) is 72.7 Å². The van der Waals surface area contributed by atoms with E-state index in [4.69, 9.17) is 9.15 Å². The van der Waals surface area contributed by atoms with Gasteiger partial charge < -0.3 is 19.4 Å². The molecule has 0 bridgehead atoms. The van der Waals surface area contributed by atoms with E-state index < -0.39 is 6.03 Å². The number of ether oxygens (including phenoxy) is 1. The number of carbonyl (C=O) groups is 3. The molecule has 33 heavy (non-hydrogen) atoms. The summed E-state index contributed by atoms with van der Waals surface area (Å²) in [5.41, 5.74) is 1.62. The van der Waals surface area contributed by atoms with Gasteiger partial charge in [-0.05, 0) is 48.5 Å². The zero-order valence-electron chi connectivity index (χ0n) is 18.4. The Morgan fingerprint density at radius 2 is 1.79 bits per heavy atom. The number of benzene rings is 2. The lowest BCUT2D eigenvalue weighted by atomic mass is 10.1. The van der Waals surface area contributed by atoms with Gasteiger partial charge in [0.1, 0.15) is 24.6 Å². The summed E-state index contributed by atoms with van der Waals surface area (Å²) in [5, 5.41) is 2.80. The third-order valence-electron chi connectivity index (χ3n) is 5.34. The number of fused-ring (bicyclic) bond motifs is 1. The average Bonchev–Trinajstić information content (AvgIpc) is 3.34. The molecule has 1 aliphatic rings. The van der Waals surface area contributed by atoms with Gasteiger partial charge in [0.15, 0.2) is 0 Å². The van der Waals surface area contributed by atoms with Gasteiger partial charge in [0.05, 0.1) is 31.3 Å². The average molecular weight is 448 g/mol. The highest BCUT2D eigenvalue weighted by Gasteiger charge is 2.34. The Hall–Kier alpha value is -4.27. The summed E-state index contributed by atoms with van der Waals surface area (Å²) in [7, 11) is 3.22. The number of likely N-dealkylation sites (N-methyl/N-ethyl adjacent to an activating group) is 1. The summed E-state index contributed by atoms with van der Waals surface area (Å²) < 4.78 is 10.4. The van der Waals surface area contributed by atoms with E-state index in [9.17, 15) is 14.4 Å². The molecule has 1 aliphatic heterocycles. The maximum Gasteiger partial charge on any atom is 0.326 e. The van der Waals surface area contributed by atoms with Gasteiger partial charge in [-0.2, -0.15) is 0 Å². The molecular weight excluding hydrogens is 424 g/mol. The van der Waals surface area contributed by atoms with Crippen molar-refractivity contribution >= 4 is 34.9 Å². The Balaban J connectivity index is 1.50. The number of hydrogen-bond acceptors (Lipinski definition) is 5. The third kappa shape index (κ3) is 4.82. The van der Waals surface area contributed by atoms with E-state index in [0.29, 0.717) is 35.1 Å². The van der Waals surface area contributed by atoms with Crippen LogP contribution in [-0.2, 0) is 16.1 Å². The molecule has 0 fully saturated rings. The molecule has 3 aromatic rings. The molecule has 0 saturated carbocycles. The van der Waals surface area contributed by atoms with Crippen LogP contribution in [0.5, 0.6) is 5.75 Å². The summed E-state index contributed by atoms with van der Waals surface area (Å²) in [5.74, 6) is 0.727. The van der Waals surface area contributed by atoms with Crippen LogP contribution in [0.4, 0.5) is 21.9 Å². The Bertz CT molecular complexity index is 1140. The summed E-state index contributed by atoms with van der Waals surface area (Å²) >= 11 is 0. The van der Waals surface area contributed by atoms with Gasteiger partial charge in [0.2, 0.25) is 11.8 Å². The molecule has 2 heterocycles. The van der Waals surface area contributed by atoms with Crippen molar-refractivity contribution in [3.63, 3.8) is 0 Å². The summed E-state index contributed by atoms with van der Waals surface area (Å²) in [4.78, 5) is 43.0. The Morgan fingerprint density at radius 1 is 1.06 bits per heavy atom. The first-order valence-corrected chi connectivity index (χ1v) is 10.3. The highest BCUT2D eigenvalue weighted by molar-refractivity contribution is 6.15. The number of rotatable bonds is 6. The third-order valence-corrected chi connectivity index (χ3v) is 5.34. The van der Waals surface area contributed by atoms with Gasteiger partial charge in [-0.1, -0.05) is 12.1 Å². The van der Waals surface area contributed by atoms with Crippen LogP contribution in [0, 0.1) is 0 Å². The fourth-order valence-electron chi connectivity index (χ4n) is 3.56. The van der Waals surface area contributed by atoms with Gasteiger partial charge in [-0.3, -0.25) is 19.4 Å². The predicted octanol–water partition coefficient (Wildman–Crippen LogP) is 3.33. The number of amides is 4. The minimum atomic E-state index is -0.443. The molecule has 4 amide bonds. The zero-order valence-corrected chi connectivity index (χ0v) is 18.4. The molecule has 1 N–H and O–H groups in total. The fourth-order valence-corrected chi connectivity index (χ4v) is 3.56. The summed E-state index contributed by atoms with van der Waals surface area (Å²) in [6, 6.07) is 17.0. The molecule has 2 aromatic carbocycles. The van der Waals surface area contributed by atoms with Crippen LogP contribution in [0.3, 0.4) is 0 Å². The van der Waals surface area contributed by atoms with Crippen molar-refractivity contribution in [3.8, 4) is 5.75 Å². The molecule has 0 saturated heterocycles. The Labute approximate surface area is 191 Å². The number of urea groups is 1. The van der Waals surface area contributed by atoms with Crippen molar-refractivity contribution in [1.29, 1.82) is 0 Å². The van der Waals surface area contributed by atoms with Gasteiger partial charge in [0, 0.05) is 12.7 Å². The summed E-state index contributed by atoms with van der Waals surface area (Å²) in [6.07, 6.45) is 1.55. The Morgan fingerprint density at radius 3 is 2.45 bits per heavy atom. The molecule has 1 aromatic heterocycles. The predicted molar refractivity (Wildman–Crippen MR) is 123 cm³/mol. The molecular formula is C24H24N4O5. The molecule has 170 valence electrons. The van der Waals surface area contributed by atoms with E-state index in [1.54, 1.807) is 81.1 Å². The van der Waals surface area contributed by atoms with E-state index in [2.05, 4.69) is 5.32 Å². The molecule has 9 heteroatoms. The van der Waals surface area contributed by atoms with Crippen molar-refractivity contribution in [2.75, 3.05) is 42.4 Å². The second kappa shape index (κ2) is 9.47. The minimum absolute atomic E-state index is 0.138. The van der Waals surface area contributed by atoms with Crippen molar-refractivity contribution < 1.29 is 23.5 Å². The fraction of sp³-hybridized carbons (Fsp3) is 0.208. The quantitative estimate of drug-likeness (QED) is 0.624. The number of furan rings is 1. The highest BCUT2D eigenvalue weighted by atomic mass is 16.5. The summed E-state index contributed by atoms with van der Waals surface area (Å²) in [6.45, 7) is -0.0267. The molecule has 4 rings (SSSR count). The first kappa shape index (κ1) is 21.9. The van der Waals surface area contributed by atoms with Crippen LogP contribution in [0.15, 0.2) is 71.3 Å². The van der Waals surface area contributed by atoms with Crippen LogP contribution in [-0.4, -0.2) is 50.0 Å². The molecule has 0 atom stereocenters. The normalized spacial score (nSPS) is 12.8. The minimum Gasteiger partial charge on any atom is -0.497 e. The molecule has 9 nitrogen and oxygen atoms in total. The smallest absolute Gasteiger partial charge is 0.326 e. The lowest BCUT2D eigenvalue weighted by molar-refractivity contribution is -0.130. The number of carbonyl (C=O) groups excluding carboxylic acids is 3. The van der Waals surface area contributed by atoms with Crippen molar-refractivity contribution in [2.45, 2.75) is 6.54 Å². The van der Waals surface area contributed by atoms with Gasteiger partial charge >= 0.3 is 6.03 Å². The first-order chi connectivity index (χ1) is 16.0. The van der Waals surface area contributed by atoms with Gasteiger partial charge in [0.25, 0.3) is 0 Å². The van der Waals surface area contributed by atoms with Gasteiger partial charge in [-0.15, -0.1) is 0 Å². The lowest BCUT2D eigenvalue weighted by Crippen LogP contribution is -2.52. The maximum absolute atomic E-state index is 13.0. The monoisotopic (exact) mass is 448 g/mol. The van der Waals surface area contributed by atoms with E-state index in [-0.39, 0.29) is 24.9 Å². The molecule has 0 unspecified atom stereocenters.